The van der Waals surface area contributed by atoms with E-state index in [-0.39, 0.29) is 17.7 Å². The number of nitrogens with one attached hydrogen (secondary N) is 1. The number of nitrogens with zero attached hydrogens (tertiary/aromatic N) is 2. The predicted octanol–water partition coefficient (Wildman–Crippen LogP) is -0.879. The highest BCUT2D eigenvalue weighted by atomic mass is 16.7. The summed E-state index contributed by atoms with van der Waals surface area (Å²) in [6.45, 7) is 5.14. The van der Waals surface area contributed by atoms with Crippen LogP contribution < -0.4 is 14.4 Å². The van der Waals surface area contributed by atoms with Crippen LogP contribution in [-0.4, -0.2) is 68.2 Å². The van der Waals surface area contributed by atoms with Crippen molar-refractivity contribution >= 4 is 11.8 Å². The Bertz CT molecular complexity index is 685. The molecule has 1 unspecified atom stereocenters. The van der Waals surface area contributed by atoms with Crippen LogP contribution in [0.5, 0.6) is 11.5 Å². The minimum atomic E-state index is -0.159. The van der Waals surface area contributed by atoms with Gasteiger partial charge in [0, 0.05) is 25.6 Å². The van der Waals surface area contributed by atoms with Gasteiger partial charge in [0.05, 0.1) is 32.1 Å². The Balaban J connectivity index is 1.30. The smallest absolute Gasteiger partial charge is 0.231 e. The number of piperazine rings is 1. The molecule has 2 amide bonds. The molecule has 2 fully saturated rings. The molecule has 2 saturated heterocycles. The van der Waals surface area contributed by atoms with E-state index < -0.39 is 0 Å². The number of ether oxygens (including phenoxy) is 2. The highest BCUT2D eigenvalue weighted by Gasteiger charge is 2.36. The molecule has 0 radical (unpaired) electrons. The molecule has 134 valence electrons. The Morgan fingerprint density at radius 2 is 2.00 bits per heavy atom. The van der Waals surface area contributed by atoms with E-state index in [1.165, 1.54) is 10.5 Å². The average molecular weight is 346 g/mol. The van der Waals surface area contributed by atoms with Crippen molar-refractivity contribution in [2.45, 2.75) is 13.0 Å². The van der Waals surface area contributed by atoms with E-state index in [2.05, 4.69) is 6.07 Å². The third-order valence-corrected chi connectivity index (χ3v) is 5.36. The maximum Gasteiger partial charge on any atom is 0.231 e. The van der Waals surface area contributed by atoms with Gasteiger partial charge in [-0.2, -0.15) is 0 Å². The van der Waals surface area contributed by atoms with Crippen molar-refractivity contribution in [2.24, 2.45) is 5.92 Å². The second kappa shape index (κ2) is 6.55. The second-order valence-electron chi connectivity index (χ2n) is 7.11. The van der Waals surface area contributed by atoms with Crippen molar-refractivity contribution < 1.29 is 24.0 Å². The lowest BCUT2D eigenvalue weighted by Gasteiger charge is -2.33. The van der Waals surface area contributed by atoms with Gasteiger partial charge in [-0.1, -0.05) is 0 Å². The lowest BCUT2D eigenvalue weighted by molar-refractivity contribution is -0.917. The van der Waals surface area contributed by atoms with Crippen molar-refractivity contribution in [1.29, 1.82) is 0 Å². The molecule has 25 heavy (non-hydrogen) atoms. The fraction of sp³-hybridized carbons (Fsp3) is 0.556. The number of hydrogen-bond donors (Lipinski definition) is 1. The van der Waals surface area contributed by atoms with E-state index in [0.29, 0.717) is 19.8 Å². The van der Waals surface area contributed by atoms with Gasteiger partial charge in [-0.05, 0) is 18.2 Å². The quantitative estimate of drug-likeness (QED) is 0.772. The van der Waals surface area contributed by atoms with Crippen molar-refractivity contribution in [2.75, 3.05) is 46.6 Å². The summed E-state index contributed by atoms with van der Waals surface area (Å²) >= 11 is 0. The number of fused-ring (bicyclic) bond motifs is 1. The monoisotopic (exact) mass is 346 g/mol. The number of carbonyl (C=O) groups excluding carboxylic acids is 2. The van der Waals surface area contributed by atoms with Gasteiger partial charge in [0.25, 0.3) is 0 Å². The first-order valence-corrected chi connectivity index (χ1v) is 8.85. The minimum Gasteiger partial charge on any atom is -0.454 e. The van der Waals surface area contributed by atoms with Crippen molar-refractivity contribution in [3.63, 3.8) is 0 Å². The Morgan fingerprint density at radius 1 is 1.24 bits per heavy atom. The predicted molar refractivity (Wildman–Crippen MR) is 89.3 cm³/mol. The van der Waals surface area contributed by atoms with E-state index >= 15 is 0 Å². The summed E-state index contributed by atoms with van der Waals surface area (Å²) in [5.41, 5.74) is 1.22. The van der Waals surface area contributed by atoms with E-state index in [0.717, 1.165) is 44.2 Å². The summed E-state index contributed by atoms with van der Waals surface area (Å²) in [4.78, 5) is 29.3. The van der Waals surface area contributed by atoms with Gasteiger partial charge in [-0.25, -0.2) is 0 Å². The van der Waals surface area contributed by atoms with Crippen LogP contribution in [0.4, 0.5) is 0 Å². The number of benzene rings is 1. The fourth-order valence-electron chi connectivity index (χ4n) is 3.85. The normalized spacial score (nSPS) is 23.4. The first kappa shape index (κ1) is 16.2. The topological polar surface area (TPSA) is 63.5 Å². The third-order valence-electron chi connectivity index (χ3n) is 5.36. The Labute approximate surface area is 147 Å². The van der Waals surface area contributed by atoms with Crippen LogP contribution in [0.1, 0.15) is 12.0 Å². The van der Waals surface area contributed by atoms with Gasteiger partial charge in [-0.15, -0.1) is 0 Å². The molecule has 3 aliphatic rings. The van der Waals surface area contributed by atoms with Crippen LogP contribution in [0.3, 0.4) is 0 Å². The van der Waals surface area contributed by atoms with Crippen molar-refractivity contribution in [1.82, 2.24) is 9.80 Å². The van der Waals surface area contributed by atoms with Gasteiger partial charge in [0.2, 0.25) is 18.6 Å². The Morgan fingerprint density at radius 3 is 2.72 bits per heavy atom. The standard InChI is InChI=1S/C18H23N3O4/c1-19-11-14(9-17(19)22)18(23)21-6-4-20(5-7-21)10-13-2-3-15-16(8-13)25-12-24-15/h2-3,8,14H,4-7,9-12H2,1H3/p+1. The fourth-order valence-corrected chi connectivity index (χ4v) is 3.85. The zero-order valence-corrected chi connectivity index (χ0v) is 14.5. The maximum absolute atomic E-state index is 12.6. The van der Waals surface area contributed by atoms with Crippen LogP contribution in [0, 0.1) is 5.92 Å². The largest absolute Gasteiger partial charge is 0.454 e. The molecule has 1 atom stereocenters. The maximum atomic E-state index is 12.6. The molecule has 0 aromatic heterocycles. The summed E-state index contributed by atoms with van der Waals surface area (Å²) < 4.78 is 10.8. The molecule has 0 spiro atoms. The molecular weight excluding hydrogens is 322 g/mol. The molecule has 0 aliphatic carbocycles. The molecule has 1 aromatic carbocycles. The zero-order valence-electron chi connectivity index (χ0n) is 14.5. The summed E-state index contributed by atoms with van der Waals surface area (Å²) in [6.07, 6.45) is 0.361. The number of hydrogen-bond acceptors (Lipinski definition) is 4. The lowest BCUT2D eigenvalue weighted by Crippen LogP contribution is -3.13. The van der Waals surface area contributed by atoms with Crippen molar-refractivity contribution in [3.8, 4) is 11.5 Å². The van der Waals surface area contributed by atoms with Crippen molar-refractivity contribution in [3.05, 3.63) is 23.8 Å². The van der Waals surface area contributed by atoms with Gasteiger partial charge in [-0.3, -0.25) is 9.59 Å². The number of amides is 2. The first-order valence-electron chi connectivity index (χ1n) is 8.85. The number of carbonyl (C=O) groups is 2. The molecule has 4 rings (SSSR count). The van der Waals surface area contributed by atoms with Gasteiger partial charge >= 0.3 is 0 Å². The third kappa shape index (κ3) is 3.28. The number of likely N-dealkylation sites (tertiary alicyclic amines) is 1. The molecule has 3 heterocycles. The zero-order chi connectivity index (χ0) is 17.4. The van der Waals surface area contributed by atoms with Crippen LogP contribution in [0.15, 0.2) is 18.2 Å². The van der Waals surface area contributed by atoms with Crippen LogP contribution >= 0.6 is 0 Å². The van der Waals surface area contributed by atoms with Gasteiger partial charge < -0.3 is 24.2 Å². The Hall–Kier alpha value is -2.28. The van der Waals surface area contributed by atoms with E-state index in [1.807, 2.05) is 17.0 Å². The minimum absolute atomic E-state index is 0.0745. The summed E-state index contributed by atoms with van der Waals surface area (Å²) in [5.74, 6) is 1.68. The molecule has 7 nitrogen and oxygen atoms in total. The molecule has 3 aliphatic heterocycles. The molecule has 0 bridgehead atoms. The molecular formula is C18H24N3O4+. The van der Waals surface area contributed by atoms with Gasteiger partial charge in [0.1, 0.15) is 6.54 Å². The van der Waals surface area contributed by atoms with E-state index in [1.54, 1.807) is 11.9 Å². The summed E-state index contributed by atoms with van der Waals surface area (Å²) in [5, 5.41) is 0. The second-order valence-corrected chi connectivity index (χ2v) is 7.11. The molecule has 1 aromatic rings. The molecule has 1 N–H and O–H groups in total. The van der Waals surface area contributed by atoms with E-state index in [9.17, 15) is 9.59 Å². The average Bonchev–Trinajstić information content (AvgIpc) is 3.21. The first-order chi connectivity index (χ1) is 12.1. The van der Waals surface area contributed by atoms with Crippen LogP contribution in [-0.2, 0) is 16.1 Å². The van der Waals surface area contributed by atoms with Crippen LogP contribution in [0.25, 0.3) is 0 Å². The SMILES string of the molecule is CN1CC(C(=O)N2CC[NH+](Cc3ccc4c(c3)OCO4)CC2)CC1=O. The highest BCUT2D eigenvalue weighted by Crippen LogP contribution is 2.32. The number of rotatable bonds is 3. The summed E-state index contributed by atoms with van der Waals surface area (Å²) in [6, 6.07) is 6.09. The van der Waals surface area contributed by atoms with E-state index in [4.69, 9.17) is 9.47 Å². The van der Waals surface area contributed by atoms with Crippen LogP contribution in [0.2, 0.25) is 0 Å². The highest BCUT2D eigenvalue weighted by molar-refractivity contribution is 5.89. The Kier molecular flexibility index (Phi) is 4.25. The number of quaternary nitrogens is 1. The molecule has 7 heteroatoms. The van der Waals surface area contributed by atoms with Gasteiger partial charge in [0.15, 0.2) is 11.5 Å². The lowest BCUT2D eigenvalue weighted by atomic mass is 10.1. The summed E-state index contributed by atoms with van der Waals surface area (Å²) in [7, 11) is 1.77. The molecule has 0 saturated carbocycles.